The van der Waals surface area contributed by atoms with Crippen molar-refractivity contribution in [1.29, 1.82) is 0 Å². The van der Waals surface area contributed by atoms with Crippen LogP contribution in [-0.2, 0) is 0 Å². The smallest absolute Gasteiger partial charge is 0.141 e. The fourth-order valence-electron chi connectivity index (χ4n) is 2.09. The molecule has 0 saturated carbocycles. The Morgan fingerprint density at radius 1 is 1.26 bits per heavy atom. The third-order valence-electron chi connectivity index (χ3n) is 3.32. The lowest BCUT2D eigenvalue weighted by Crippen LogP contribution is -2.22. The first-order valence-electron chi connectivity index (χ1n) is 6.08. The van der Waals surface area contributed by atoms with E-state index in [0.717, 1.165) is 16.0 Å². The van der Waals surface area contributed by atoms with E-state index in [4.69, 9.17) is 0 Å². The molecule has 1 unspecified atom stereocenters. The lowest BCUT2D eigenvalue weighted by Gasteiger charge is -2.26. The Bertz CT molecular complexity index is 680. The SMILES string of the molecule is CC(c1cccnc1)N(C)c1ncnc2sccc12. The predicted octanol–water partition coefficient (Wildman–Crippen LogP) is 3.28. The summed E-state index contributed by atoms with van der Waals surface area (Å²) >= 11 is 1.64. The van der Waals surface area contributed by atoms with Crippen LogP contribution in [0.3, 0.4) is 0 Å². The summed E-state index contributed by atoms with van der Waals surface area (Å²) < 4.78 is 0. The van der Waals surface area contributed by atoms with Crippen LogP contribution < -0.4 is 4.90 Å². The first kappa shape index (κ1) is 12.0. The van der Waals surface area contributed by atoms with Crippen molar-refractivity contribution < 1.29 is 0 Å². The third-order valence-corrected chi connectivity index (χ3v) is 4.14. The molecule has 0 fully saturated rings. The maximum absolute atomic E-state index is 4.43. The van der Waals surface area contributed by atoms with Crippen LogP contribution in [0.25, 0.3) is 10.2 Å². The van der Waals surface area contributed by atoms with Gasteiger partial charge in [-0.15, -0.1) is 11.3 Å². The molecule has 4 nitrogen and oxygen atoms in total. The van der Waals surface area contributed by atoms with Gasteiger partial charge in [0.25, 0.3) is 0 Å². The molecule has 0 aromatic carbocycles. The monoisotopic (exact) mass is 270 g/mol. The highest BCUT2D eigenvalue weighted by Crippen LogP contribution is 2.30. The molecule has 0 radical (unpaired) electrons. The van der Waals surface area contributed by atoms with Gasteiger partial charge >= 0.3 is 0 Å². The fourth-order valence-corrected chi connectivity index (χ4v) is 2.82. The largest absolute Gasteiger partial charge is 0.352 e. The van der Waals surface area contributed by atoms with Crippen LogP contribution in [-0.4, -0.2) is 22.0 Å². The molecular weight excluding hydrogens is 256 g/mol. The molecule has 0 N–H and O–H groups in total. The van der Waals surface area contributed by atoms with Crippen LogP contribution in [0, 0.1) is 0 Å². The zero-order valence-electron chi connectivity index (χ0n) is 10.8. The van der Waals surface area contributed by atoms with Crippen molar-refractivity contribution in [3.05, 3.63) is 47.9 Å². The van der Waals surface area contributed by atoms with E-state index >= 15 is 0 Å². The Hall–Kier alpha value is -2.01. The Morgan fingerprint density at radius 2 is 2.16 bits per heavy atom. The van der Waals surface area contributed by atoms with Crippen LogP contribution in [0.4, 0.5) is 5.82 Å². The second-order valence-electron chi connectivity index (χ2n) is 4.41. The lowest BCUT2D eigenvalue weighted by atomic mass is 10.1. The fraction of sp³-hybridized carbons (Fsp3) is 0.214. The van der Waals surface area contributed by atoms with Gasteiger partial charge in [0.2, 0.25) is 0 Å². The molecule has 96 valence electrons. The Balaban J connectivity index is 2.00. The topological polar surface area (TPSA) is 41.9 Å². The summed E-state index contributed by atoms with van der Waals surface area (Å²) in [6.45, 7) is 2.15. The highest BCUT2D eigenvalue weighted by Gasteiger charge is 2.16. The molecule has 3 rings (SSSR count). The quantitative estimate of drug-likeness (QED) is 0.732. The third kappa shape index (κ3) is 2.17. The summed E-state index contributed by atoms with van der Waals surface area (Å²) in [6, 6.07) is 6.33. The van der Waals surface area contributed by atoms with E-state index in [1.165, 1.54) is 5.56 Å². The second-order valence-corrected chi connectivity index (χ2v) is 5.30. The van der Waals surface area contributed by atoms with Gasteiger partial charge in [-0.25, -0.2) is 9.97 Å². The van der Waals surface area contributed by atoms with Crippen molar-refractivity contribution in [2.75, 3.05) is 11.9 Å². The molecule has 0 saturated heterocycles. The molecule has 19 heavy (non-hydrogen) atoms. The van der Waals surface area contributed by atoms with Gasteiger partial charge in [-0.05, 0) is 30.0 Å². The van der Waals surface area contributed by atoms with Crippen molar-refractivity contribution in [2.45, 2.75) is 13.0 Å². The minimum absolute atomic E-state index is 0.215. The predicted molar refractivity (Wildman–Crippen MR) is 78.5 cm³/mol. The number of pyridine rings is 1. The summed E-state index contributed by atoms with van der Waals surface area (Å²) in [5.41, 5.74) is 1.17. The average molecular weight is 270 g/mol. The number of hydrogen-bond acceptors (Lipinski definition) is 5. The Labute approximate surface area is 115 Å². The van der Waals surface area contributed by atoms with Crippen molar-refractivity contribution in [2.24, 2.45) is 0 Å². The molecule has 3 aromatic rings. The van der Waals surface area contributed by atoms with Gasteiger partial charge in [-0.1, -0.05) is 6.07 Å². The molecule has 3 aromatic heterocycles. The number of anilines is 1. The van der Waals surface area contributed by atoms with Gasteiger partial charge in [0.15, 0.2) is 0 Å². The molecule has 1 atom stereocenters. The molecule has 3 heterocycles. The van der Waals surface area contributed by atoms with E-state index in [9.17, 15) is 0 Å². The van der Waals surface area contributed by atoms with Crippen molar-refractivity contribution in [1.82, 2.24) is 15.0 Å². The molecule has 5 heteroatoms. The van der Waals surface area contributed by atoms with E-state index in [1.807, 2.05) is 17.6 Å². The number of nitrogens with zero attached hydrogens (tertiary/aromatic N) is 4. The van der Waals surface area contributed by atoms with Crippen LogP contribution in [0.5, 0.6) is 0 Å². The summed E-state index contributed by atoms with van der Waals surface area (Å²) in [5.74, 6) is 0.961. The lowest BCUT2D eigenvalue weighted by molar-refractivity contribution is 0.727. The van der Waals surface area contributed by atoms with E-state index in [0.29, 0.717) is 0 Å². The van der Waals surface area contributed by atoms with Crippen LogP contribution in [0.1, 0.15) is 18.5 Å². The summed E-state index contributed by atoms with van der Waals surface area (Å²) in [5, 5.41) is 3.15. The molecule has 0 spiro atoms. The molecule has 0 aliphatic carbocycles. The highest BCUT2D eigenvalue weighted by atomic mass is 32.1. The van der Waals surface area contributed by atoms with E-state index in [-0.39, 0.29) is 6.04 Å². The maximum Gasteiger partial charge on any atom is 0.141 e. The summed E-state index contributed by atoms with van der Waals surface area (Å²) in [7, 11) is 2.05. The van der Waals surface area contributed by atoms with Gasteiger partial charge in [-0.3, -0.25) is 4.98 Å². The maximum atomic E-state index is 4.43. The molecule has 0 aliphatic heterocycles. The van der Waals surface area contributed by atoms with Gasteiger partial charge in [0, 0.05) is 19.4 Å². The van der Waals surface area contributed by atoms with Gasteiger partial charge in [0.05, 0.1) is 11.4 Å². The number of rotatable bonds is 3. The van der Waals surface area contributed by atoms with Crippen molar-refractivity contribution in [3.63, 3.8) is 0 Å². The van der Waals surface area contributed by atoms with Crippen molar-refractivity contribution in [3.8, 4) is 0 Å². The number of thiophene rings is 1. The summed E-state index contributed by atoms with van der Waals surface area (Å²) in [4.78, 5) is 16.1. The highest BCUT2D eigenvalue weighted by molar-refractivity contribution is 7.16. The van der Waals surface area contributed by atoms with Crippen LogP contribution in [0.2, 0.25) is 0 Å². The molecule has 0 amide bonds. The summed E-state index contributed by atoms with van der Waals surface area (Å²) in [6.07, 6.45) is 5.31. The van der Waals surface area contributed by atoms with Gasteiger partial charge in [0.1, 0.15) is 17.0 Å². The van der Waals surface area contributed by atoms with Crippen LogP contribution in [0.15, 0.2) is 42.3 Å². The normalized spacial score (nSPS) is 12.5. The Morgan fingerprint density at radius 3 is 2.95 bits per heavy atom. The zero-order valence-corrected chi connectivity index (χ0v) is 11.6. The first-order valence-corrected chi connectivity index (χ1v) is 6.96. The van der Waals surface area contributed by atoms with E-state index < -0.39 is 0 Å². The number of aromatic nitrogens is 3. The minimum atomic E-state index is 0.215. The molecular formula is C14H14N4S. The molecule has 0 aliphatic rings. The standard InChI is InChI=1S/C14H14N4S/c1-10(11-4-3-6-15-8-11)18(2)13-12-5-7-19-14(12)17-9-16-13/h3-10H,1-2H3. The average Bonchev–Trinajstić information content (AvgIpc) is 2.95. The molecule has 0 bridgehead atoms. The zero-order chi connectivity index (χ0) is 13.2. The number of fused-ring (bicyclic) bond motifs is 1. The minimum Gasteiger partial charge on any atom is -0.352 e. The van der Waals surface area contributed by atoms with E-state index in [1.54, 1.807) is 23.9 Å². The van der Waals surface area contributed by atoms with Gasteiger partial charge in [-0.2, -0.15) is 0 Å². The van der Waals surface area contributed by atoms with Crippen LogP contribution >= 0.6 is 11.3 Å². The van der Waals surface area contributed by atoms with Gasteiger partial charge < -0.3 is 4.90 Å². The Kier molecular flexibility index (Phi) is 3.13. The first-order chi connectivity index (χ1) is 9.27. The van der Waals surface area contributed by atoms with E-state index in [2.05, 4.69) is 46.0 Å². The number of hydrogen-bond donors (Lipinski definition) is 0. The second kappa shape index (κ2) is 4.93. The van der Waals surface area contributed by atoms with Crippen molar-refractivity contribution >= 4 is 27.4 Å².